The molecule has 1 N–H and O–H groups in total. The van der Waals surface area contributed by atoms with Crippen LogP contribution in [0, 0.1) is 0 Å². The van der Waals surface area contributed by atoms with Crippen molar-refractivity contribution < 1.29 is 9.53 Å². The highest BCUT2D eigenvalue weighted by Gasteiger charge is 2.20. The van der Waals surface area contributed by atoms with Crippen molar-refractivity contribution in [1.82, 2.24) is 9.97 Å². The highest BCUT2D eigenvalue weighted by molar-refractivity contribution is 7.16. The molecule has 3 aromatic heterocycles. The van der Waals surface area contributed by atoms with Crippen LogP contribution in [0.25, 0.3) is 10.6 Å². The van der Waals surface area contributed by atoms with E-state index in [1.165, 1.54) is 11.3 Å². The van der Waals surface area contributed by atoms with Gasteiger partial charge in [-0.05, 0) is 23.6 Å². The summed E-state index contributed by atoms with van der Waals surface area (Å²) in [5, 5.41) is 7.45. The molecule has 4 rings (SSSR count). The van der Waals surface area contributed by atoms with E-state index in [2.05, 4.69) is 20.2 Å². The molecule has 8 heteroatoms. The zero-order valence-corrected chi connectivity index (χ0v) is 15.0. The molecule has 0 aromatic carbocycles. The predicted molar refractivity (Wildman–Crippen MR) is 101 cm³/mol. The van der Waals surface area contributed by atoms with Crippen molar-refractivity contribution in [1.29, 1.82) is 0 Å². The molecule has 1 aliphatic heterocycles. The Morgan fingerprint density at radius 3 is 2.88 bits per heavy atom. The molecule has 25 heavy (non-hydrogen) atoms. The van der Waals surface area contributed by atoms with Gasteiger partial charge in [-0.1, -0.05) is 6.07 Å². The number of aromatic nitrogens is 2. The SMILES string of the molecule is O=C(Nc1nc(-c2cccs2)cs1)c1cccnc1N1CCOCC1. The van der Waals surface area contributed by atoms with Crippen molar-refractivity contribution in [2.75, 3.05) is 36.5 Å². The van der Waals surface area contributed by atoms with Gasteiger partial charge in [0.1, 0.15) is 5.82 Å². The Labute approximate surface area is 153 Å². The Balaban J connectivity index is 1.53. The minimum absolute atomic E-state index is 0.193. The molecule has 1 saturated heterocycles. The highest BCUT2D eigenvalue weighted by Crippen LogP contribution is 2.29. The summed E-state index contributed by atoms with van der Waals surface area (Å²) in [6, 6.07) is 7.57. The van der Waals surface area contributed by atoms with E-state index >= 15 is 0 Å². The molecule has 4 heterocycles. The quantitative estimate of drug-likeness (QED) is 0.761. The number of carbonyl (C=O) groups is 1. The second kappa shape index (κ2) is 7.30. The lowest BCUT2D eigenvalue weighted by Crippen LogP contribution is -2.38. The third-order valence-electron chi connectivity index (χ3n) is 3.84. The van der Waals surface area contributed by atoms with Gasteiger partial charge >= 0.3 is 0 Å². The maximum absolute atomic E-state index is 12.7. The Kier molecular flexibility index (Phi) is 4.73. The average Bonchev–Trinajstić information content (AvgIpc) is 3.34. The number of morpholine rings is 1. The van der Waals surface area contributed by atoms with Crippen LogP contribution in [-0.4, -0.2) is 42.2 Å². The number of ether oxygens (including phenoxy) is 1. The van der Waals surface area contributed by atoms with Crippen molar-refractivity contribution >= 4 is 39.5 Å². The number of rotatable bonds is 4. The average molecular weight is 372 g/mol. The fourth-order valence-electron chi connectivity index (χ4n) is 2.63. The summed E-state index contributed by atoms with van der Waals surface area (Å²) < 4.78 is 5.38. The molecular weight excluding hydrogens is 356 g/mol. The van der Waals surface area contributed by atoms with E-state index in [-0.39, 0.29) is 5.91 Å². The number of thiophene rings is 1. The van der Waals surface area contributed by atoms with E-state index in [0.717, 1.165) is 23.7 Å². The molecule has 0 radical (unpaired) electrons. The van der Waals surface area contributed by atoms with E-state index in [9.17, 15) is 4.79 Å². The standard InChI is InChI=1S/C17H16N4O2S2/c22-16(20-17-19-13(11-25-17)14-4-2-10-24-14)12-3-1-5-18-15(12)21-6-8-23-9-7-21/h1-5,10-11H,6-9H2,(H,19,20,22). The molecule has 1 fully saturated rings. The van der Waals surface area contributed by atoms with Gasteiger partial charge in [0.15, 0.2) is 5.13 Å². The summed E-state index contributed by atoms with van der Waals surface area (Å²) in [6.45, 7) is 2.76. The van der Waals surface area contributed by atoms with Gasteiger partial charge in [0.25, 0.3) is 5.91 Å². The van der Waals surface area contributed by atoms with Crippen molar-refractivity contribution in [3.05, 3.63) is 46.8 Å². The summed E-state index contributed by atoms with van der Waals surface area (Å²) in [5.41, 5.74) is 1.44. The molecule has 3 aromatic rings. The van der Waals surface area contributed by atoms with Gasteiger partial charge in [0.05, 0.1) is 29.3 Å². The van der Waals surface area contributed by atoms with Gasteiger partial charge in [-0.2, -0.15) is 0 Å². The Hall–Kier alpha value is -2.29. The summed E-state index contributed by atoms with van der Waals surface area (Å²) >= 11 is 3.05. The minimum Gasteiger partial charge on any atom is -0.378 e. The van der Waals surface area contributed by atoms with Crippen LogP contribution >= 0.6 is 22.7 Å². The number of carbonyl (C=O) groups excluding carboxylic acids is 1. The molecule has 0 unspecified atom stereocenters. The Morgan fingerprint density at radius 1 is 1.20 bits per heavy atom. The number of thiazole rings is 1. The predicted octanol–water partition coefficient (Wildman–Crippen LogP) is 3.36. The first-order chi connectivity index (χ1) is 12.3. The Morgan fingerprint density at radius 2 is 2.08 bits per heavy atom. The molecule has 1 aliphatic rings. The third kappa shape index (κ3) is 3.55. The van der Waals surface area contributed by atoms with Crippen molar-refractivity contribution in [2.24, 2.45) is 0 Å². The number of nitrogens with one attached hydrogen (secondary N) is 1. The van der Waals surface area contributed by atoms with Gasteiger partial charge in [0.2, 0.25) is 0 Å². The molecule has 0 saturated carbocycles. The topological polar surface area (TPSA) is 67.4 Å². The first-order valence-corrected chi connectivity index (χ1v) is 9.65. The van der Waals surface area contributed by atoms with Crippen LogP contribution in [0.1, 0.15) is 10.4 Å². The van der Waals surface area contributed by atoms with Crippen LogP contribution < -0.4 is 10.2 Å². The molecule has 0 atom stereocenters. The number of anilines is 2. The molecule has 0 spiro atoms. The van der Waals surface area contributed by atoms with Crippen LogP contribution in [0.4, 0.5) is 10.9 Å². The van der Waals surface area contributed by atoms with E-state index in [1.54, 1.807) is 29.7 Å². The summed E-state index contributed by atoms with van der Waals surface area (Å²) in [7, 11) is 0. The fourth-order valence-corrected chi connectivity index (χ4v) is 4.10. The first kappa shape index (κ1) is 16.2. The Bertz CT molecular complexity index is 857. The third-order valence-corrected chi connectivity index (χ3v) is 5.49. The van der Waals surface area contributed by atoms with E-state index < -0.39 is 0 Å². The van der Waals surface area contributed by atoms with Crippen molar-refractivity contribution in [3.8, 4) is 10.6 Å². The molecule has 0 bridgehead atoms. The molecular formula is C17H16N4O2S2. The van der Waals surface area contributed by atoms with Crippen LogP contribution in [-0.2, 0) is 4.74 Å². The summed E-state index contributed by atoms with van der Waals surface area (Å²) in [5.74, 6) is 0.500. The van der Waals surface area contributed by atoms with Gasteiger partial charge in [0, 0.05) is 24.7 Å². The smallest absolute Gasteiger partial charge is 0.261 e. The second-order valence-electron chi connectivity index (χ2n) is 5.44. The van der Waals surface area contributed by atoms with Crippen LogP contribution in [0.2, 0.25) is 0 Å². The first-order valence-electron chi connectivity index (χ1n) is 7.90. The van der Waals surface area contributed by atoms with E-state index in [4.69, 9.17) is 4.74 Å². The zero-order chi connectivity index (χ0) is 17.1. The van der Waals surface area contributed by atoms with Crippen LogP contribution in [0.15, 0.2) is 41.2 Å². The molecule has 0 aliphatic carbocycles. The highest BCUT2D eigenvalue weighted by atomic mass is 32.1. The molecule has 1 amide bonds. The largest absolute Gasteiger partial charge is 0.378 e. The van der Waals surface area contributed by atoms with E-state index in [1.807, 2.05) is 22.9 Å². The number of amides is 1. The summed E-state index contributed by atoms with van der Waals surface area (Å²) in [4.78, 5) is 24.8. The normalized spacial score (nSPS) is 14.5. The maximum atomic E-state index is 12.7. The fraction of sp³-hybridized carbons (Fsp3) is 0.235. The number of hydrogen-bond acceptors (Lipinski definition) is 7. The van der Waals surface area contributed by atoms with Gasteiger partial charge < -0.3 is 9.64 Å². The van der Waals surface area contributed by atoms with Gasteiger partial charge in [-0.3, -0.25) is 10.1 Å². The lowest BCUT2D eigenvalue weighted by atomic mass is 10.2. The second-order valence-corrected chi connectivity index (χ2v) is 7.25. The summed E-state index contributed by atoms with van der Waals surface area (Å²) in [6.07, 6.45) is 1.71. The van der Waals surface area contributed by atoms with E-state index in [0.29, 0.717) is 29.7 Å². The number of nitrogens with zero attached hydrogens (tertiary/aromatic N) is 3. The minimum atomic E-state index is -0.193. The maximum Gasteiger partial charge on any atom is 0.261 e. The van der Waals surface area contributed by atoms with Crippen LogP contribution in [0.3, 0.4) is 0 Å². The van der Waals surface area contributed by atoms with Crippen molar-refractivity contribution in [3.63, 3.8) is 0 Å². The van der Waals surface area contributed by atoms with Crippen LogP contribution in [0.5, 0.6) is 0 Å². The van der Waals surface area contributed by atoms with Gasteiger partial charge in [-0.15, -0.1) is 22.7 Å². The van der Waals surface area contributed by atoms with Crippen molar-refractivity contribution in [2.45, 2.75) is 0 Å². The lowest BCUT2D eigenvalue weighted by molar-refractivity contribution is 0.102. The monoisotopic (exact) mass is 372 g/mol. The lowest BCUT2D eigenvalue weighted by Gasteiger charge is -2.29. The number of pyridine rings is 1. The van der Waals surface area contributed by atoms with Gasteiger partial charge in [-0.25, -0.2) is 9.97 Å². The number of hydrogen-bond donors (Lipinski definition) is 1. The molecule has 6 nitrogen and oxygen atoms in total. The zero-order valence-electron chi connectivity index (χ0n) is 13.3. The molecule has 128 valence electrons.